The SMILES string of the molecule is CNC(=O)CC1CC(=O)NC(SCC(=O)Nc2cccc(C(F)(F)F)c2)N1. The quantitative estimate of drug-likeness (QED) is 0.573. The highest BCUT2D eigenvalue weighted by Gasteiger charge is 2.31. The van der Waals surface area contributed by atoms with Gasteiger partial charge in [-0.2, -0.15) is 13.2 Å². The summed E-state index contributed by atoms with van der Waals surface area (Å²) < 4.78 is 38.1. The number of hydrogen-bond acceptors (Lipinski definition) is 5. The van der Waals surface area contributed by atoms with Gasteiger partial charge < -0.3 is 16.0 Å². The van der Waals surface area contributed by atoms with Gasteiger partial charge in [-0.05, 0) is 18.2 Å². The predicted octanol–water partition coefficient (Wildman–Crippen LogP) is 1.27. The maximum absolute atomic E-state index is 12.7. The summed E-state index contributed by atoms with van der Waals surface area (Å²) in [6.07, 6.45) is -4.23. The van der Waals surface area contributed by atoms with Crippen LogP contribution in [0.2, 0.25) is 0 Å². The lowest BCUT2D eigenvalue weighted by atomic mass is 10.1. The monoisotopic (exact) mass is 404 g/mol. The summed E-state index contributed by atoms with van der Waals surface area (Å²) in [4.78, 5) is 35.1. The molecule has 2 unspecified atom stereocenters. The van der Waals surface area contributed by atoms with E-state index in [-0.39, 0.29) is 42.1 Å². The van der Waals surface area contributed by atoms with Crippen LogP contribution in [0.25, 0.3) is 0 Å². The number of alkyl halides is 3. The minimum Gasteiger partial charge on any atom is -0.359 e. The minimum absolute atomic E-state index is 0.0357. The first-order valence-electron chi connectivity index (χ1n) is 8.02. The summed E-state index contributed by atoms with van der Waals surface area (Å²) in [5, 5.41) is 10.5. The summed E-state index contributed by atoms with van der Waals surface area (Å²) in [6.45, 7) is 0. The Morgan fingerprint density at radius 2 is 2.04 bits per heavy atom. The highest BCUT2D eigenvalue weighted by Crippen LogP contribution is 2.30. The van der Waals surface area contributed by atoms with Crippen LogP contribution in [0.4, 0.5) is 18.9 Å². The first-order chi connectivity index (χ1) is 12.7. The van der Waals surface area contributed by atoms with E-state index in [2.05, 4.69) is 21.3 Å². The van der Waals surface area contributed by atoms with E-state index >= 15 is 0 Å². The highest BCUT2D eigenvalue weighted by atomic mass is 32.2. The fourth-order valence-electron chi connectivity index (χ4n) is 2.42. The zero-order chi connectivity index (χ0) is 20.0. The van der Waals surface area contributed by atoms with Gasteiger partial charge in [0.15, 0.2) is 0 Å². The Bertz CT molecular complexity index is 714. The summed E-state index contributed by atoms with van der Waals surface area (Å²) in [7, 11) is 1.50. The second-order valence-electron chi connectivity index (χ2n) is 5.83. The molecule has 1 fully saturated rings. The largest absolute Gasteiger partial charge is 0.416 e. The first kappa shape index (κ1) is 21.0. The number of hydrogen-bond donors (Lipinski definition) is 4. The van der Waals surface area contributed by atoms with Gasteiger partial charge in [0.05, 0.1) is 11.3 Å². The Kier molecular flexibility index (Phi) is 7.08. The molecule has 1 aromatic rings. The number of nitrogens with one attached hydrogen (secondary N) is 4. The van der Waals surface area contributed by atoms with Crippen LogP contribution in [0.15, 0.2) is 24.3 Å². The average Bonchev–Trinajstić information content (AvgIpc) is 2.59. The molecular weight excluding hydrogens is 385 g/mol. The summed E-state index contributed by atoms with van der Waals surface area (Å²) in [5.74, 6) is -1.07. The van der Waals surface area contributed by atoms with Crippen molar-refractivity contribution in [1.82, 2.24) is 16.0 Å². The van der Waals surface area contributed by atoms with Crippen molar-refractivity contribution in [3.05, 3.63) is 29.8 Å². The molecule has 7 nitrogen and oxygen atoms in total. The van der Waals surface area contributed by atoms with Crippen LogP contribution in [0.1, 0.15) is 18.4 Å². The number of carbonyl (C=O) groups is 3. The molecule has 1 aliphatic heterocycles. The van der Waals surface area contributed by atoms with Crippen LogP contribution in [0, 0.1) is 0 Å². The average molecular weight is 404 g/mol. The summed E-state index contributed by atoms with van der Waals surface area (Å²) >= 11 is 1.07. The molecule has 1 saturated heterocycles. The molecule has 0 bridgehead atoms. The summed E-state index contributed by atoms with van der Waals surface area (Å²) in [6, 6.07) is 3.97. The third-order valence-corrected chi connectivity index (χ3v) is 4.69. The van der Waals surface area contributed by atoms with Crippen molar-refractivity contribution in [2.45, 2.75) is 30.6 Å². The van der Waals surface area contributed by atoms with E-state index in [0.717, 1.165) is 23.9 Å². The van der Waals surface area contributed by atoms with Crippen molar-refractivity contribution < 1.29 is 27.6 Å². The molecule has 2 atom stereocenters. The number of amides is 3. The van der Waals surface area contributed by atoms with Crippen LogP contribution in [0.3, 0.4) is 0 Å². The Morgan fingerprint density at radius 1 is 1.30 bits per heavy atom. The number of thioether (sulfide) groups is 1. The number of halogens is 3. The van der Waals surface area contributed by atoms with E-state index < -0.39 is 23.1 Å². The van der Waals surface area contributed by atoms with Crippen molar-refractivity contribution >= 4 is 35.2 Å². The number of rotatable bonds is 6. The van der Waals surface area contributed by atoms with E-state index in [4.69, 9.17) is 0 Å². The lowest BCUT2D eigenvalue weighted by molar-refractivity contribution is -0.137. The van der Waals surface area contributed by atoms with Gasteiger partial charge in [0, 0.05) is 31.6 Å². The zero-order valence-electron chi connectivity index (χ0n) is 14.4. The highest BCUT2D eigenvalue weighted by molar-refractivity contribution is 8.00. The molecule has 0 radical (unpaired) electrons. The molecule has 11 heteroatoms. The van der Waals surface area contributed by atoms with Gasteiger partial charge in [-0.1, -0.05) is 6.07 Å². The molecule has 27 heavy (non-hydrogen) atoms. The lowest BCUT2D eigenvalue weighted by Crippen LogP contribution is -2.55. The number of anilines is 1. The second-order valence-corrected chi connectivity index (χ2v) is 6.92. The van der Waals surface area contributed by atoms with Crippen LogP contribution >= 0.6 is 11.8 Å². The molecule has 0 aromatic heterocycles. The van der Waals surface area contributed by atoms with Crippen molar-refractivity contribution in [3.63, 3.8) is 0 Å². The Balaban J connectivity index is 1.86. The Hall–Kier alpha value is -2.27. The van der Waals surface area contributed by atoms with Crippen LogP contribution < -0.4 is 21.3 Å². The van der Waals surface area contributed by atoms with Crippen LogP contribution in [-0.2, 0) is 20.6 Å². The second kappa shape index (κ2) is 9.09. The lowest BCUT2D eigenvalue weighted by Gasteiger charge is -2.30. The molecule has 1 aromatic carbocycles. The Morgan fingerprint density at radius 3 is 2.70 bits per heavy atom. The third kappa shape index (κ3) is 6.75. The van der Waals surface area contributed by atoms with Gasteiger partial charge in [-0.25, -0.2) is 0 Å². The molecule has 1 aliphatic rings. The first-order valence-corrected chi connectivity index (χ1v) is 9.07. The molecule has 148 valence electrons. The fourth-order valence-corrected chi connectivity index (χ4v) is 3.31. The van der Waals surface area contributed by atoms with Crippen molar-refractivity contribution in [3.8, 4) is 0 Å². The third-order valence-electron chi connectivity index (χ3n) is 3.68. The maximum Gasteiger partial charge on any atom is 0.416 e. The molecule has 0 saturated carbocycles. The van der Waals surface area contributed by atoms with Gasteiger partial charge in [-0.3, -0.25) is 19.7 Å². The van der Waals surface area contributed by atoms with Gasteiger partial charge in [0.2, 0.25) is 17.7 Å². The van der Waals surface area contributed by atoms with E-state index in [1.54, 1.807) is 0 Å². The smallest absolute Gasteiger partial charge is 0.359 e. The zero-order valence-corrected chi connectivity index (χ0v) is 15.2. The fraction of sp³-hybridized carbons (Fsp3) is 0.438. The molecule has 3 amide bonds. The molecule has 2 rings (SSSR count). The summed E-state index contributed by atoms with van der Waals surface area (Å²) in [5.41, 5.74) is -1.40. The minimum atomic E-state index is -4.49. The maximum atomic E-state index is 12.7. The van der Waals surface area contributed by atoms with Crippen LogP contribution in [-0.4, -0.2) is 42.1 Å². The van der Waals surface area contributed by atoms with Crippen molar-refractivity contribution in [2.75, 3.05) is 18.1 Å². The van der Waals surface area contributed by atoms with Gasteiger partial charge in [-0.15, -0.1) is 11.8 Å². The van der Waals surface area contributed by atoms with Crippen LogP contribution in [0.5, 0.6) is 0 Å². The van der Waals surface area contributed by atoms with E-state index in [1.165, 1.54) is 19.2 Å². The predicted molar refractivity (Wildman–Crippen MR) is 94.7 cm³/mol. The van der Waals surface area contributed by atoms with E-state index in [1.807, 2.05) is 0 Å². The number of benzene rings is 1. The molecule has 4 N–H and O–H groups in total. The van der Waals surface area contributed by atoms with Crippen molar-refractivity contribution in [2.24, 2.45) is 0 Å². The molecule has 0 aliphatic carbocycles. The van der Waals surface area contributed by atoms with Gasteiger partial charge in [0.1, 0.15) is 5.50 Å². The van der Waals surface area contributed by atoms with E-state index in [9.17, 15) is 27.6 Å². The van der Waals surface area contributed by atoms with E-state index in [0.29, 0.717) is 0 Å². The normalized spacial score (nSPS) is 19.9. The molecule has 1 heterocycles. The Labute approximate surface area is 157 Å². The van der Waals surface area contributed by atoms with Gasteiger partial charge in [0.25, 0.3) is 0 Å². The standard InChI is InChI=1S/C16H19F3N4O3S/c1-20-12(24)6-11-7-13(25)23-15(22-11)27-8-14(26)21-10-4-2-3-9(5-10)16(17,18)19/h2-5,11,15,22H,6-8H2,1H3,(H,20,24)(H,21,26)(H,23,25). The van der Waals surface area contributed by atoms with Crippen molar-refractivity contribution in [1.29, 1.82) is 0 Å². The number of carbonyl (C=O) groups excluding carboxylic acids is 3. The molecule has 0 spiro atoms. The van der Waals surface area contributed by atoms with Gasteiger partial charge >= 0.3 is 6.18 Å². The topological polar surface area (TPSA) is 99.3 Å². The molecular formula is C16H19F3N4O3S.